The predicted molar refractivity (Wildman–Crippen MR) is 212 cm³/mol. The van der Waals surface area contributed by atoms with Gasteiger partial charge in [-0.15, -0.1) is 0 Å². The van der Waals surface area contributed by atoms with Gasteiger partial charge in [-0.25, -0.2) is 4.39 Å². The highest BCUT2D eigenvalue weighted by Gasteiger charge is 2.47. The van der Waals surface area contributed by atoms with Crippen LogP contribution in [0.5, 0.6) is 11.5 Å². The van der Waals surface area contributed by atoms with Gasteiger partial charge in [-0.2, -0.15) is 18.3 Å². The van der Waals surface area contributed by atoms with Crippen molar-refractivity contribution in [1.29, 1.82) is 0 Å². The molecule has 0 bridgehead atoms. The molecule has 0 spiro atoms. The summed E-state index contributed by atoms with van der Waals surface area (Å²) in [6, 6.07) is 16.4. The van der Waals surface area contributed by atoms with E-state index in [0.29, 0.717) is 87.3 Å². The first-order chi connectivity index (χ1) is 27.6. The van der Waals surface area contributed by atoms with E-state index < -0.39 is 35.0 Å². The van der Waals surface area contributed by atoms with Gasteiger partial charge in [-0.05, 0) is 80.3 Å². The lowest BCUT2D eigenvalue weighted by atomic mass is 9.68. The Morgan fingerprint density at radius 3 is 2.43 bits per heavy atom. The molecule has 5 aromatic rings. The fourth-order valence-corrected chi connectivity index (χ4v) is 8.56. The molecule has 1 aliphatic heterocycles. The number of ether oxygens (including phenoxy) is 2. The summed E-state index contributed by atoms with van der Waals surface area (Å²) in [6.45, 7) is 2.51. The van der Waals surface area contributed by atoms with Gasteiger partial charge in [0.25, 0.3) is 0 Å². The molecule has 1 aromatic heterocycles. The first kappa shape index (κ1) is 41.0. The standard InChI is InChI=1S/C43H44ClF4N5O5/c1-42(17-27(18-42)41(55)56)52(2)22-26-13-34(43(46,47)48)25(16-37(26)57-3)23-53-36-10-6-8-30(32(36)21-50-53)31-9-5-7-29(40(31)44)24-14-35(45)33(38(15-24)58-4)20-49-19-28-11-12-39(54)51-28/h5-10,13-16,21,27-28,49H,11-12,17-20,22-23H2,1-4H3,(H,51,54)(H,55,56)/t27-,28-,42-/m0/s1. The number of nitrogens with one attached hydrogen (secondary N) is 2. The Morgan fingerprint density at radius 2 is 1.76 bits per heavy atom. The second-order valence-corrected chi connectivity index (χ2v) is 15.8. The van der Waals surface area contributed by atoms with Crippen LogP contribution in [0, 0.1) is 11.7 Å². The number of amides is 1. The third kappa shape index (κ3) is 8.10. The molecular formula is C43H44ClF4N5O5. The average molecular weight is 822 g/mol. The molecule has 3 N–H and O–H groups in total. The molecule has 1 saturated carbocycles. The van der Waals surface area contributed by atoms with Crippen LogP contribution in [0.3, 0.4) is 0 Å². The summed E-state index contributed by atoms with van der Waals surface area (Å²) < 4.78 is 72.5. The number of carbonyl (C=O) groups excluding carboxylic acids is 1. The third-order valence-corrected chi connectivity index (χ3v) is 12.0. The maximum atomic E-state index is 15.7. The summed E-state index contributed by atoms with van der Waals surface area (Å²) in [5, 5.41) is 21.0. The van der Waals surface area contributed by atoms with Gasteiger partial charge >= 0.3 is 12.1 Å². The Hall–Kier alpha value is -5.18. The molecular weight excluding hydrogens is 778 g/mol. The lowest BCUT2D eigenvalue weighted by molar-refractivity contribution is -0.151. The number of methoxy groups -OCH3 is 2. The van der Waals surface area contributed by atoms with Gasteiger partial charge in [0, 0.05) is 65.3 Å². The van der Waals surface area contributed by atoms with Crippen LogP contribution in [0.15, 0.2) is 66.9 Å². The van der Waals surface area contributed by atoms with E-state index in [1.54, 1.807) is 43.6 Å². The summed E-state index contributed by atoms with van der Waals surface area (Å²) in [5.41, 5.74) is 2.27. The Balaban J connectivity index is 1.16. The number of alkyl halides is 3. The molecule has 1 saturated heterocycles. The highest BCUT2D eigenvalue weighted by atomic mass is 35.5. The minimum Gasteiger partial charge on any atom is -0.496 e. The SMILES string of the molecule is COc1cc(Cn2ncc3c(-c4cccc(-c5cc(F)c(CNC[C@@H]6CCC(=O)N6)c(OC)c5)c4Cl)cccc32)c(C(F)(F)F)cc1CN(C)[C@]1(C)C[C@@H](C(=O)O)C1. The van der Waals surface area contributed by atoms with E-state index in [1.807, 2.05) is 24.0 Å². The molecule has 10 nitrogen and oxygen atoms in total. The molecule has 1 atom stereocenters. The van der Waals surface area contributed by atoms with Gasteiger partial charge in [-0.1, -0.05) is 41.9 Å². The fourth-order valence-electron chi connectivity index (χ4n) is 8.22. The molecule has 0 radical (unpaired) electrons. The van der Waals surface area contributed by atoms with Crippen LogP contribution in [0.25, 0.3) is 33.2 Å². The zero-order valence-corrected chi connectivity index (χ0v) is 33.2. The van der Waals surface area contributed by atoms with Gasteiger partial charge in [0.05, 0.1) is 49.0 Å². The fraction of sp³-hybridized carbons (Fsp3) is 0.372. The Bertz CT molecular complexity index is 2380. The van der Waals surface area contributed by atoms with Crippen LogP contribution in [-0.4, -0.2) is 71.1 Å². The Labute approximate surface area is 338 Å². The van der Waals surface area contributed by atoms with Crippen LogP contribution < -0.4 is 20.1 Å². The second-order valence-electron chi connectivity index (χ2n) is 15.4. The number of rotatable bonds is 14. The molecule has 1 aliphatic carbocycles. The number of carbonyl (C=O) groups is 2. The molecule has 4 aromatic carbocycles. The highest BCUT2D eigenvalue weighted by Crippen LogP contribution is 2.45. The first-order valence-corrected chi connectivity index (χ1v) is 19.3. The molecule has 306 valence electrons. The van der Waals surface area contributed by atoms with Gasteiger partial charge in [-0.3, -0.25) is 19.2 Å². The number of hydrogen-bond acceptors (Lipinski definition) is 7. The molecule has 58 heavy (non-hydrogen) atoms. The monoisotopic (exact) mass is 821 g/mol. The molecule has 7 rings (SSSR count). The number of fused-ring (bicyclic) bond motifs is 1. The molecule has 2 aliphatic rings. The zero-order valence-electron chi connectivity index (χ0n) is 32.5. The minimum absolute atomic E-state index is 0.00512. The summed E-state index contributed by atoms with van der Waals surface area (Å²) in [6.07, 6.45) is -1.10. The van der Waals surface area contributed by atoms with Gasteiger partial charge in [0.1, 0.15) is 17.3 Å². The van der Waals surface area contributed by atoms with E-state index in [4.69, 9.17) is 21.1 Å². The van der Waals surface area contributed by atoms with Crippen molar-refractivity contribution in [2.24, 2.45) is 5.92 Å². The van der Waals surface area contributed by atoms with Crippen molar-refractivity contribution < 1.29 is 41.7 Å². The number of benzene rings is 4. The van der Waals surface area contributed by atoms with Crippen molar-refractivity contribution in [3.05, 3.63) is 100.0 Å². The summed E-state index contributed by atoms with van der Waals surface area (Å²) >= 11 is 7.08. The topological polar surface area (TPSA) is 118 Å². The van der Waals surface area contributed by atoms with E-state index in [1.165, 1.54) is 31.0 Å². The van der Waals surface area contributed by atoms with Crippen molar-refractivity contribution in [3.8, 4) is 33.8 Å². The van der Waals surface area contributed by atoms with Crippen molar-refractivity contribution >= 4 is 34.4 Å². The first-order valence-electron chi connectivity index (χ1n) is 18.9. The maximum absolute atomic E-state index is 15.7. The lowest BCUT2D eigenvalue weighted by Crippen LogP contribution is -2.55. The number of aliphatic carboxylic acids is 1. The van der Waals surface area contributed by atoms with E-state index >= 15 is 4.39 Å². The maximum Gasteiger partial charge on any atom is 0.416 e. The smallest absolute Gasteiger partial charge is 0.416 e. The Morgan fingerprint density at radius 1 is 1.05 bits per heavy atom. The summed E-state index contributed by atoms with van der Waals surface area (Å²) in [4.78, 5) is 24.9. The normalized spacial score (nSPS) is 19.4. The number of halogens is 5. The molecule has 15 heteroatoms. The second kappa shape index (κ2) is 16.2. The van der Waals surface area contributed by atoms with Gasteiger partial charge in [0.15, 0.2) is 0 Å². The number of carboxylic acid groups (broad SMARTS) is 1. The van der Waals surface area contributed by atoms with E-state index in [9.17, 15) is 27.9 Å². The molecule has 0 unspecified atom stereocenters. The van der Waals surface area contributed by atoms with Gasteiger partial charge in [0.2, 0.25) is 5.91 Å². The molecule has 2 fully saturated rings. The van der Waals surface area contributed by atoms with Crippen LogP contribution in [0.2, 0.25) is 5.02 Å². The van der Waals surface area contributed by atoms with Crippen LogP contribution in [0.4, 0.5) is 17.6 Å². The van der Waals surface area contributed by atoms with Crippen molar-refractivity contribution in [2.75, 3.05) is 27.8 Å². The minimum atomic E-state index is -4.68. The molecule has 1 amide bonds. The van der Waals surface area contributed by atoms with E-state index in [2.05, 4.69) is 15.7 Å². The van der Waals surface area contributed by atoms with E-state index in [-0.39, 0.29) is 42.9 Å². The quantitative estimate of drug-likeness (QED) is 0.0959. The average Bonchev–Trinajstić information content (AvgIpc) is 3.79. The van der Waals surface area contributed by atoms with Crippen molar-refractivity contribution in [1.82, 2.24) is 25.3 Å². The Kier molecular flexibility index (Phi) is 11.5. The third-order valence-electron chi connectivity index (χ3n) is 11.6. The summed E-state index contributed by atoms with van der Waals surface area (Å²) in [7, 11) is 4.65. The van der Waals surface area contributed by atoms with Crippen molar-refractivity contribution in [2.45, 2.75) is 70.0 Å². The number of aromatic nitrogens is 2. The number of nitrogens with zero attached hydrogens (tertiary/aromatic N) is 3. The van der Waals surface area contributed by atoms with Crippen LogP contribution in [-0.2, 0) is 35.4 Å². The summed E-state index contributed by atoms with van der Waals surface area (Å²) in [5.74, 6) is -1.22. The number of carboxylic acids is 1. The number of hydrogen-bond donors (Lipinski definition) is 3. The largest absolute Gasteiger partial charge is 0.496 e. The molecule has 2 heterocycles. The van der Waals surface area contributed by atoms with Crippen LogP contribution >= 0.6 is 11.6 Å². The highest BCUT2D eigenvalue weighted by molar-refractivity contribution is 6.36. The van der Waals surface area contributed by atoms with Crippen LogP contribution in [0.1, 0.15) is 54.9 Å². The van der Waals surface area contributed by atoms with Gasteiger partial charge < -0.3 is 25.2 Å². The van der Waals surface area contributed by atoms with E-state index in [0.717, 1.165) is 6.07 Å². The van der Waals surface area contributed by atoms with Crippen molar-refractivity contribution in [3.63, 3.8) is 0 Å². The zero-order chi connectivity index (χ0) is 41.5. The lowest BCUT2D eigenvalue weighted by Gasteiger charge is -2.49. The predicted octanol–water partition coefficient (Wildman–Crippen LogP) is 8.30.